The Kier molecular flexibility index (Phi) is 26.2. The minimum absolute atomic E-state index is 0.0331. The van der Waals surface area contributed by atoms with Crippen LogP contribution in [0.1, 0.15) is 68.9 Å². The molecule has 1 aliphatic carbocycles. The van der Waals surface area contributed by atoms with Gasteiger partial charge >= 0.3 is 41.8 Å². The number of aryl methyl sites for hydroxylation is 1. The van der Waals surface area contributed by atoms with Gasteiger partial charge in [0.2, 0.25) is 17.7 Å². The zero-order chi connectivity index (χ0) is 54.0. The van der Waals surface area contributed by atoms with Gasteiger partial charge in [-0.25, -0.2) is 14.4 Å². The summed E-state index contributed by atoms with van der Waals surface area (Å²) in [5.41, 5.74) is 1.74. The Balaban J connectivity index is 1.53. The van der Waals surface area contributed by atoms with Crippen molar-refractivity contribution in [3.63, 3.8) is 0 Å². The maximum absolute atomic E-state index is 13.7. The number of hydrogen-bond acceptors (Lipinski definition) is 15. The number of hydrogen-bond donors (Lipinski definition) is 11. The van der Waals surface area contributed by atoms with Crippen LogP contribution in [0.2, 0.25) is 0 Å². The van der Waals surface area contributed by atoms with Crippen molar-refractivity contribution < 1.29 is 83.4 Å². The van der Waals surface area contributed by atoms with Crippen LogP contribution in [0.4, 0.5) is 4.79 Å². The van der Waals surface area contributed by atoms with Crippen molar-refractivity contribution in [3.8, 4) is 0 Å². The van der Waals surface area contributed by atoms with Crippen molar-refractivity contribution in [1.82, 2.24) is 46.2 Å². The molecule has 1 aromatic rings. The molecule has 1 aromatic carbocycles. The fourth-order valence-electron chi connectivity index (χ4n) is 8.60. The minimum atomic E-state index is -1.91. The van der Waals surface area contributed by atoms with Crippen LogP contribution in [-0.4, -0.2) is 225 Å². The fraction of sp³-hybridized carbons (Fsp3) is 0.638. The van der Waals surface area contributed by atoms with E-state index >= 15 is 0 Å². The number of ketones is 1. The highest BCUT2D eigenvalue weighted by molar-refractivity contribution is 6.35. The van der Waals surface area contributed by atoms with Gasteiger partial charge < -0.3 is 57.2 Å². The molecule has 5 amide bonds. The van der Waals surface area contributed by atoms with E-state index in [-0.39, 0.29) is 115 Å². The normalized spacial score (nSPS) is 18.8. The molecule has 3 atom stereocenters. The van der Waals surface area contributed by atoms with Crippen molar-refractivity contribution in [2.45, 2.75) is 89.3 Å². The van der Waals surface area contributed by atoms with Gasteiger partial charge in [-0.3, -0.25) is 58.0 Å². The Morgan fingerprint density at radius 1 is 0.575 bits per heavy atom. The number of carbonyl (C=O) groups excluding carboxylic acids is 5. The lowest BCUT2D eigenvalue weighted by Crippen LogP contribution is -2.52. The molecule has 26 nitrogen and oxygen atoms in total. The molecule has 1 aliphatic heterocycles. The molecule has 1 saturated carbocycles. The van der Waals surface area contributed by atoms with Gasteiger partial charge in [-0.15, -0.1) is 0 Å². The molecular weight excluding hydrogens is 963 g/mol. The molecule has 1 saturated heterocycles. The van der Waals surface area contributed by atoms with Gasteiger partial charge in [-0.1, -0.05) is 24.3 Å². The number of urea groups is 1. The predicted octanol–water partition coefficient (Wildman–Crippen LogP) is -1.65. The molecule has 2 fully saturated rings. The van der Waals surface area contributed by atoms with Crippen LogP contribution in [-0.2, 0) is 54.4 Å². The molecule has 11 N–H and O–H groups in total. The second-order valence-electron chi connectivity index (χ2n) is 18.4. The molecule has 3 rings (SSSR count). The van der Waals surface area contributed by atoms with Gasteiger partial charge in [-0.2, -0.15) is 0 Å². The molecule has 0 bridgehead atoms. The Morgan fingerprint density at radius 2 is 1.08 bits per heavy atom. The van der Waals surface area contributed by atoms with Gasteiger partial charge in [0.15, 0.2) is 0 Å². The lowest BCUT2D eigenvalue weighted by Gasteiger charge is -2.33. The van der Waals surface area contributed by atoms with Crippen molar-refractivity contribution >= 4 is 65.4 Å². The lowest BCUT2D eigenvalue weighted by atomic mass is 9.81. The minimum Gasteiger partial charge on any atom is -0.481 e. The predicted molar refractivity (Wildman–Crippen MR) is 257 cm³/mol. The third kappa shape index (κ3) is 24.0. The van der Waals surface area contributed by atoms with Gasteiger partial charge in [0, 0.05) is 84.2 Å². The highest BCUT2D eigenvalue weighted by atomic mass is 16.4. The summed E-state index contributed by atoms with van der Waals surface area (Å²) in [5, 5.41) is 68.9. The third-order valence-corrected chi connectivity index (χ3v) is 12.8. The number of benzene rings is 1. The Hall–Kier alpha value is -6.77. The van der Waals surface area contributed by atoms with Crippen molar-refractivity contribution in [3.05, 3.63) is 35.4 Å². The van der Waals surface area contributed by atoms with E-state index in [2.05, 4.69) is 21.3 Å². The second-order valence-corrected chi connectivity index (χ2v) is 18.4. The van der Waals surface area contributed by atoms with Crippen molar-refractivity contribution in [2.24, 2.45) is 11.8 Å². The van der Waals surface area contributed by atoms with E-state index in [0.29, 0.717) is 45.3 Å². The smallest absolute Gasteiger partial charge is 0.374 e. The van der Waals surface area contributed by atoms with Crippen LogP contribution in [0.15, 0.2) is 24.3 Å². The number of carbonyl (C=O) groups is 11. The number of aliphatic carboxylic acids is 6. The van der Waals surface area contributed by atoms with E-state index in [1.807, 2.05) is 41.4 Å². The summed E-state index contributed by atoms with van der Waals surface area (Å²) in [7, 11) is 0. The van der Waals surface area contributed by atoms with Crippen LogP contribution in [0.3, 0.4) is 0 Å². The number of carboxylic acids is 6. The summed E-state index contributed by atoms with van der Waals surface area (Å²) >= 11 is 0. The zero-order valence-corrected chi connectivity index (χ0v) is 41.1. The molecule has 1 heterocycles. The molecular formula is C47H71N9O17. The van der Waals surface area contributed by atoms with E-state index < -0.39 is 90.4 Å². The van der Waals surface area contributed by atoms with Crippen molar-refractivity contribution in [1.29, 1.82) is 0 Å². The average Bonchev–Trinajstić information content (AvgIpc) is 3.32. The average molecular weight is 1030 g/mol. The number of carboxylic acid groups (broad SMARTS) is 6. The highest BCUT2D eigenvalue weighted by Crippen LogP contribution is 2.29. The first-order chi connectivity index (χ1) is 34.6. The van der Waals surface area contributed by atoms with E-state index in [4.69, 9.17) is 10.2 Å². The van der Waals surface area contributed by atoms with Crippen molar-refractivity contribution in [2.75, 3.05) is 91.6 Å². The SMILES string of the molecule is Cc1ccccc1C[C@H](NC(=O)C1CCC(CNC(=O)CN2CCN(CC(=O)O)CCN(CC(=O)O)CCN(CC(=O)O)CC2)CC1)C(=O)NCCCC[C@H](NC(=O)N[C@@H](CCC(=O)O)C(=O)C(=O)O)C(=O)O. The molecule has 73 heavy (non-hydrogen) atoms. The number of Topliss-reactive ketones (excluding diaryl/α,β-unsaturated/α-hetero) is 1. The summed E-state index contributed by atoms with van der Waals surface area (Å²) in [5.74, 6) is -10.7. The van der Waals surface area contributed by atoms with E-state index in [1.54, 1.807) is 14.7 Å². The highest BCUT2D eigenvalue weighted by Gasteiger charge is 2.32. The van der Waals surface area contributed by atoms with E-state index in [9.17, 15) is 73.2 Å². The van der Waals surface area contributed by atoms with Crippen LogP contribution < -0.4 is 26.6 Å². The number of amides is 5. The van der Waals surface area contributed by atoms with Crippen LogP contribution in [0.5, 0.6) is 0 Å². The molecule has 2 aliphatic rings. The quantitative estimate of drug-likeness (QED) is 0.0331. The number of nitrogens with zero attached hydrogens (tertiary/aromatic N) is 4. The van der Waals surface area contributed by atoms with Crippen LogP contribution >= 0.6 is 0 Å². The Labute approximate surface area is 422 Å². The Bertz CT molecular complexity index is 2050. The zero-order valence-electron chi connectivity index (χ0n) is 41.1. The third-order valence-electron chi connectivity index (χ3n) is 12.8. The molecule has 26 heteroatoms. The molecule has 406 valence electrons. The van der Waals surface area contributed by atoms with Gasteiger partial charge in [-0.05, 0) is 75.3 Å². The van der Waals surface area contributed by atoms with E-state index in [1.165, 1.54) is 0 Å². The fourth-order valence-corrected chi connectivity index (χ4v) is 8.60. The maximum Gasteiger partial charge on any atom is 0.374 e. The molecule has 0 unspecified atom stereocenters. The summed E-state index contributed by atoms with van der Waals surface area (Å²) < 4.78 is 0. The second kappa shape index (κ2) is 31.6. The summed E-state index contributed by atoms with van der Waals surface area (Å²) in [6, 6.07) is 2.06. The van der Waals surface area contributed by atoms with Gasteiger partial charge in [0.25, 0.3) is 5.78 Å². The van der Waals surface area contributed by atoms with Gasteiger partial charge in [0.05, 0.1) is 26.2 Å². The van der Waals surface area contributed by atoms with E-state index in [0.717, 1.165) is 11.1 Å². The molecule has 0 aromatic heterocycles. The first-order valence-electron chi connectivity index (χ1n) is 24.3. The standard InChI is InChI=1S/C47H71N9O17/c1-30-6-2-3-7-33(30)24-36(44(68)48-15-5-4-8-35(45(69)70)52-47(73)51-34(13-14-38(58)59)42(66)46(71)72)50-43(67)32-11-9-31(10-12-32)25-49-37(57)26-53-16-18-54(27-39(60)61)20-22-56(29-41(64)65)23-21-55(19-17-53)28-40(62)63/h2-3,6-7,31-32,34-36H,4-5,8-29H2,1H3,(H,48,68)(H,49,57)(H,50,67)(H,58,59)(H,60,61)(H,62,63)(H,64,65)(H,69,70)(H,71,72)(H2,51,52,73)/t31?,32?,34-,35-,36-/m0/s1. The topological polar surface area (TPSA) is 382 Å². The largest absolute Gasteiger partial charge is 0.481 e. The summed E-state index contributed by atoms with van der Waals surface area (Å²) in [6.07, 6.45) is 1.55. The number of unbranched alkanes of at least 4 members (excludes halogenated alkanes) is 1. The van der Waals surface area contributed by atoms with Gasteiger partial charge in [0.1, 0.15) is 18.1 Å². The van der Waals surface area contributed by atoms with Crippen LogP contribution in [0, 0.1) is 18.8 Å². The lowest BCUT2D eigenvalue weighted by molar-refractivity contribution is -0.150. The number of nitrogens with one attached hydrogen (secondary N) is 5. The number of rotatable bonds is 28. The first kappa shape index (κ1) is 60.5. The van der Waals surface area contributed by atoms with Crippen LogP contribution in [0.25, 0.3) is 0 Å². The monoisotopic (exact) mass is 1030 g/mol. The molecule has 0 spiro atoms. The summed E-state index contributed by atoms with van der Waals surface area (Å²) in [6.45, 7) is 3.53. The summed E-state index contributed by atoms with van der Waals surface area (Å²) in [4.78, 5) is 141. The molecule has 0 radical (unpaired) electrons. The maximum atomic E-state index is 13.7. The Morgan fingerprint density at radius 3 is 1.56 bits per heavy atom. The first-order valence-corrected chi connectivity index (χ1v) is 24.3.